The molecule has 0 radical (unpaired) electrons. The van der Waals surface area contributed by atoms with Gasteiger partial charge in [-0.2, -0.15) is 0 Å². The summed E-state index contributed by atoms with van der Waals surface area (Å²) in [6, 6.07) is 11.1. The Hall–Kier alpha value is -0.820. The van der Waals surface area contributed by atoms with E-state index in [4.69, 9.17) is 0 Å². The fraction of sp³-hybridized carbons (Fsp3) is 0.714. The second-order valence-electron chi connectivity index (χ2n) is 8.08. The zero-order valence-corrected chi connectivity index (χ0v) is 15.0. The van der Waals surface area contributed by atoms with E-state index in [0.717, 1.165) is 36.1 Å². The Balaban J connectivity index is 1.96. The van der Waals surface area contributed by atoms with Crippen LogP contribution in [0.5, 0.6) is 0 Å². The van der Waals surface area contributed by atoms with Gasteiger partial charge in [0.2, 0.25) is 0 Å². The molecule has 1 N–H and O–H groups in total. The molecule has 0 aromatic heterocycles. The highest BCUT2D eigenvalue weighted by Crippen LogP contribution is 2.39. The molecule has 1 aromatic rings. The average Bonchev–Trinajstić information content (AvgIpc) is 2.49. The van der Waals surface area contributed by atoms with Crippen molar-refractivity contribution in [3.8, 4) is 0 Å². The second-order valence-corrected chi connectivity index (χ2v) is 8.08. The predicted octanol–water partition coefficient (Wildman–Crippen LogP) is 5.16. The van der Waals surface area contributed by atoms with E-state index in [1.165, 1.54) is 37.8 Å². The van der Waals surface area contributed by atoms with Crippen molar-refractivity contribution in [2.45, 2.75) is 53.4 Å². The van der Waals surface area contributed by atoms with Crippen LogP contribution < -0.4 is 5.32 Å². The molecule has 1 aliphatic carbocycles. The minimum atomic E-state index is 0.750. The van der Waals surface area contributed by atoms with Crippen molar-refractivity contribution in [1.82, 2.24) is 5.32 Å². The monoisotopic (exact) mass is 301 g/mol. The topological polar surface area (TPSA) is 12.0 Å². The van der Waals surface area contributed by atoms with E-state index in [2.05, 4.69) is 63.3 Å². The summed E-state index contributed by atoms with van der Waals surface area (Å²) in [7, 11) is 0. The summed E-state index contributed by atoms with van der Waals surface area (Å²) in [6.45, 7) is 11.8. The van der Waals surface area contributed by atoms with Gasteiger partial charge in [-0.15, -0.1) is 0 Å². The van der Waals surface area contributed by atoms with Crippen LogP contribution in [0.15, 0.2) is 30.3 Å². The first kappa shape index (κ1) is 17.5. The Morgan fingerprint density at radius 2 is 1.73 bits per heavy atom. The third-order valence-corrected chi connectivity index (χ3v) is 5.42. The fourth-order valence-corrected chi connectivity index (χ4v) is 3.96. The molecule has 1 fully saturated rings. The van der Waals surface area contributed by atoms with Crippen molar-refractivity contribution in [2.24, 2.45) is 29.6 Å². The van der Waals surface area contributed by atoms with Crippen molar-refractivity contribution in [3.05, 3.63) is 35.9 Å². The lowest BCUT2D eigenvalue weighted by molar-refractivity contribution is 0.144. The maximum atomic E-state index is 3.71. The van der Waals surface area contributed by atoms with Crippen LogP contribution in [0, 0.1) is 29.6 Å². The van der Waals surface area contributed by atoms with Gasteiger partial charge in [0.1, 0.15) is 0 Å². The maximum Gasteiger partial charge on any atom is -0.00176 e. The van der Waals surface area contributed by atoms with Gasteiger partial charge in [-0.1, -0.05) is 58.0 Å². The first-order valence-electron chi connectivity index (χ1n) is 9.31. The predicted molar refractivity (Wildman–Crippen MR) is 97.0 cm³/mol. The molecule has 0 aliphatic heterocycles. The van der Waals surface area contributed by atoms with Gasteiger partial charge in [-0.25, -0.2) is 0 Å². The van der Waals surface area contributed by atoms with Crippen LogP contribution in [0.4, 0.5) is 0 Å². The number of nitrogens with one attached hydrogen (secondary N) is 1. The van der Waals surface area contributed by atoms with Crippen LogP contribution in [0.3, 0.4) is 0 Å². The highest BCUT2D eigenvalue weighted by molar-refractivity contribution is 5.15. The van der Waals surface area contributed by atoms with Crippen LogP contribution in [0.1, 0.15) is 52.5 Å². The van der Waals surface area contributed by atoms with Crippen molar-refractivity contribution in [2.75, 3.05) is 13.1 Å². The quantitative estimate of drug-likeness (QED) is 0.733. The van der Waals surface area contributed by atoms with E-state index in [1.54, 1.807) is 0 Å². The molecular formula is C21H35N. The van der Waals surface area contributed by atoms with E-state index in [-0.39, 0.29) is 0 Å². The van der Waals surface area contributed by atoms with Crippen molar-refractivity contribution >= 4 is 0 Å². The Labute approximate surface area is 137 Å². The Morgan fingerprint density at radius 3 is 2.36 bits per heavy atom. The molecular weight excluding hydrogens is 266 g/mol. The second kappa shape index (κ2) is 8.72. The number of benzene rings is 1. The molecule has 0 spiro atoms. The molecule has 1 nitrogen and oxygen atoms in total. The summed E-state index contributed by atoms with van der Waals surface area (Å²) in [5.41, 5.74) is 1.52. The van der Waals surface area contributed by atoms with E-state index < -0.39 is 0 Å². The molecule has 1 heteroatoms. The largest absolute Gasteiger partial charge is 0.316 e. The van der Waals surface area contributed by atoms with E-state index in [1.807, 2.05) is 0 Å². The van der Waals surface area contributed by atoms with Gasteiger partial charge in [-0.3, -0.25) is 0 Å². The fourth-order valence-electron chi connectivity index (χ4n) is 3.96. The van der Waals surface area contributed by atoms with Crippen molar-refractivity contribution in [3.63, 3.8) is 0 Å². The zero-order valence-electron chi connectivity index (χ0n) is 15.0. The number of hydrogen-bond acceptors (Lipinski definition) is 1. The third kappa shape index (κ3) is 5.43. The molecule has 1 aliphatic rings. The Morgan fingerprint density at radius 1 is 1.00 bits per heavy atom. The van der Waals surface area contributed by atoms with Crippen LogP contribution in [0.2, 0.25) is 0 Å². The summed E-state index contributed by atoms with van der Waals surface area (Å²) in [6.07, 6.45) is 5.51. The smallest absolute Gasteiger partial charge is 0.00176 e. The molecule has 2 rings (SSSR count). The molecule has 1 aromatic carbocycles. The Bertz CT molecular complexity index is 407. The summed E-state index contributed by atoms with van der Waals surface area (Å²) in [5, 5.41) is 3.71. The van der Waals surface area contributed by atoms with Gasteiger partial charge < -0.3 is 5.32 Å². The average molecular weight is 302 g/mol. The lowest BCUT2D eigenvalue weighted by atomic mass is 9.68. The van der Waals surface area contributed by atoms with Gasteiger partial charge in [-0.05, 0) is 73.9 Å². The molecule has 3 unspecified atom stereocenters. The molecule has 124 valence electrons. The molecule has 0 amide bonds. The van der Waals surface area contributed by atoms with E-state index >= 15 is 0 Å². The molecule has 3 atom stereocenters. The Kier molecular flexibility index (Phi) is 6.95. The minimum Gasteiger partial charge on any atom is -0.316 e. The first-order chi connectivity index (χ1) is 10.6. The van der Waals surface area contributed by atoms with Gasteiger partial charge in [0.15, 0.2) is 0 Å². The number of hydrogen-bond donors (Lipinski definition) is 1. The first-order valence-corrected chi connectivity index (χ1v) is 9.31. The minimum absolute atomic E-state index is 0.750. The van der Waals surface area contributed by atoms with Gasteiger partial charge >= 0.3 is 0 Å². The third-order valence-electron chi connectivity index (χ3n) is 5.42. The summed E-state index contributed by atoms with van der Waals surface area (Å²) in [4.78, 5) is 0. The molecule has 0 bridgehead atoms. The molecule has 22 heavy (non-hydrogen) atoms. The van der Waals surface area contributed by atoms with Crippen molar-refractivity contribution in [1.29, 1.82) is 0 Å². The van der Waals surface area contributed by atoms with E-state index in [9.17, 15) is 0 Å². The van der Waals surface area contributed by atoms with Crippen LogP contribution in [-0.2, 0) is 6.42 Å². The molecule has 0 heterocycles. The SMILES string of the molecule is CC(C)CNCC1CCC(C(C)C)CC1Cc1ccccc1. The summed E-state index contributed by atoms with van der Waals surface area (Å²) in [5.74, 6) is 4.22. The van der Waals surface area contributed by atoms with Crippen LogP contribution in [-0.4, -0.2) is 13.1 Å². The zero-order chi connectivity index (χ0) is 15.9. The normalized spacial score (nSPS) is 25.8. The maximum absolute atomic E-state index is 3.71. The van der Waals surface area contributed by atoms with Crippen LogP contribution >= 0.6 is 0 Å². The van der Waals surface area contributed by atoms with Crippen molar-refractivity contribution < 1.29 is 0 Å². The van der Waals surface area contributed by atoms with Gasteiger partial charge in [0.05, 0.1) is 0 Å². The standard InChI is InChI=1S/C21H35N/c1-16(2)14-22-15-20-11-10-19(17(3)4)13-21(20)12-18-8-6-5-7-9-18/h5-9,16-17,19-22H,10-15H2,1-4H3. The lowest BCUT2D eigenvalue weighted by Gasteiger charge is -2.38. The highest BCUT2D eigenvalue weighted by atomic mass is 14.9. The highest BCUT2D eigenvalue weighted by Gasteiger charge is 2.31. The summed E-state index contributed by atoms with van der Waals surface area (Å²) < 4.78 is 0. The van der Waals surface area contributed by atoms with Crippen LogP contribution in [0.25, 0.3) is 0 Å². The summed E-state index contributed by atoms with van der Waals surface area (Å²) >= 11 is 0. The van der Waals surface area contributed by atoms with Gasteiger partial charge in [0, 0.05) is 0 Å². The number of rotatable bonds is 7. The molecule has 0 saturated heterocycles. The lowest BCUT2D eigenvalue weighted by Crippen LogP contribution is -2.36. The molecule has 1 saturated carbocycles. The van der Waals surface area contributed by atoms with E-state index in [0.29, 0.717) is 0 Å². The van der Waals surface area contributed by atoms with Gasteiger partial charge in [0.25, 0.3) is 0 Å².